The van der Waals surface area contributed by atoms with Crippen molar-refractivity contribution in [2.45, 2.75) is 19.4 Å². The van der Waals surface area contributed by atoms with E-state index < -0.39 is 0 Å². The van der Waals surface area contributed by atoms with Crippen molar-refractivity contribution in [2.75, 3.05) is 7.05 Å². The molecule has 21 heavy (non-hydrogen) atoms. The first-order valence-electron chi connectivity index (χ1n) is 6.60. The summed E-state index contributed by atoms with van der Waals surface area (Å²) in [6, 6.07) is 7.89. The van der Waals surface area contributed by atoms with Crippen LogP contribution >= 0.6 is 0 Å². The number of nitrogens with one attached hydrogen (secondary N) is 1. The number of likely N-dealkylation sites (N-methyl/N-ethyl adjacent to an activating group) is 1. The molecule has 8 heteroatoms. The molecule has 0 aliphatic heterocycles. The van der Waals surface area contributed by atoms with Crippen molar-refractivity contribution in [3.63, 3.8) is 0 Å². The molecule has 0 aliphatic carbocycles. The fourth-order valence-electron chi connectivity index (χ4n) is 1.95. The monoisotopic (exact) mass is 285 g/mol. The second-order valence-electron chi connectivity index (χ2n) is 4.68. The molecule has 108 valence electrons. The molecule has 0 fully saturated rings. The van der Waals surface area contributed by atoms with Crippen molar-refractivity contribution in [1.82, 2.24) is 35.7 Å². The Morgan fingerprint density at radius 3 is 2.95 bits per heavy atom. The van der Waals surface area contributed by atoms with Gasteiger partial charge in [-0.2, -0.15) is 9.67 Å². The molecule has 2 aromatic heterocycles. The van der Waals surface area contributed by atoms with E-state index in [1.165, 1.54) is 6.33 Å². The minimum Gasteiger partial charge on any atom is -0.334 e. The number of para-hydroxylation sites is 1. The maximum Gasteiger partial charge on any atom is 0.260 e. The van der Waals surface area contributed by atoms with Gasteiger partial charge < -0.3 is 9.84 Å². The number of tetrazole rings is 1. The number of aromatic nitrogens is 6. The Morgan fingerprint density at radius 2 is 2.19 bits per heavy atom. The summed E-state index contributed by atoms with van der Waals surface area (Å²) in [5.41, 5.74) is 1.58. The molecule has 0 radical (unpaired) electrons. The van der Waals surface area contributed by atoms with E-state index in [1.807, 2.05) is 31.3 Å². The van der Waals surface area contributed by atoms with Crippen LogP contribution in [0, 0.1) is 0 Å². The standard InChI is InChI=1S/C13H15N7O/c1-9(14-2)7-12-16-13(21-17-12)10-5-3-4-6-11(10)20-8-15-18-19-20/h3-6,8-9,14H,7H2,1-2H3. The van der Waals surface area contributed by atoms with Crippen LogP contribution in [0.2, 0.25) is 0 Å². The molecule has 0 aliphatic rings. The van der Waals surface area contributed by atoms with Gasteiger partial charge in [0.15, 0.2) is 5.82 Å². The lowest BCUT2D eigenvalue weighted by Gasteiger charge is -2.05. The van der Waals surface area contributed by atoms with Crippen molar-refractivity contribution >= 4 is 0 Å². The predicted molar refractivity (Wildman–Crippen MR) is 74.7 cm³/mol. The van der Waals surface area contributed by atoms with Gasteiger partial charge in [-0.05, 0) is 36.5 Å². The van der Waals surface area contributed by atoms with Gasteiger partial charge >= 0.3 is 0 Å². The zero-order chi connectivity index (χ0) is 14.7. The molecule has 3 aromatic rings. The van der Waals surface area contributed by atoms with Crippen LogP contribution in [-0.4, -0.2) is 43.4 Å². The first-order chi connectivity index (χ1) is 10.3. The van der Waals surface area contributed by atoms with E-state index in [0.29, 0.717) is 18.1 Å². The number of rotatable bonds is 5. The van der Waals surface area contributed by atoms with Crippen LogP contribution in [0.4, 0.5) is 0 Å². The second kappa shape index (κ2) is 5.80. The van der Waals surface area contributed by atoms with Gasteiger partial charge in [0.1, 0.15) is 6.33 Å². The fraction of sp³-hybridized carbons (Fsp3) is 0.308. The average Bonchev–Trinajstić information content (AvgIpc) is 3.18. The summed E-state index contributed by atoms with van der Waals surface area (Å²) in [5, 5.41) is 18.3. The maximum absolute atomic E-state index is 5.36. The van der Waals surface area contributed by atoms with Crippen molar-refractivity contribution in [3.8, 4) is 17.1 Å². The Kier molecular flexibility index (Phi) is 3.69. The van der Waals surface area contributed by atoms with Gasteiger partial charge in [0.2, 0.25) is 0 Å². The lowest BCUT2D eigenvalue weighted by Crippen LogP contribution is -2.24. The van der Waals surface area contributed by atoms with E-state index in [-0.39, 0.29) is 6.04 Å². The van der Waals surface area contributed by atoms with Crippen molar-refractivity contribution in [2.24, 2.45) is 0 Å². The molecule has 0 saturated heterocycles. The van der Waals surface area contributed by atoms with Crippen LogP contribution in [0.25, 0.3) is 17.1 Å². The summed E-state index contributed by atoms with van der Waals surface area (Å²) in [5.74, 6) is 1.12. The van der Waals surface area contributed by atoms with E-state index in [4.69, 9.17) is 4.52 Å². The van der Waals surface area contributed by atoms with Gasteiger partial charge in [-0.3, -0.25) is 0 Å². The van der Waals surface area contributed by atoms with E-state index in [2.05, 4.69) is 37.9 Å². The predicted octanol–water partition coefficient (Wildman–Crippen LogP) is 0.863. The number of hydrogen-bond acceptors (Lipinski definition) is 7. The summed E-state index contributed by atoms with van der Waals surface area (Å²) in [4.78, 5) is 4.44. The Hall–Kier alpha value is -2.61. The lowest BCUT2D eigenvalue weighted by molar-refractivity contribution is 0.418. The molecule has 2 heterocycles. The topological polar surface area (TPSA) is 94.6 Å². The number of benzene rings is 1. The van der Waals surface area contributed by atoms with Gasteiger partial charge in [0, 0.05) is 12.5 Å². The van der Waals surface area contributed by atoms with Crippen molar-refractivity contribution < 1.29 is 4.52 Å². The first-order valence-corrected chi connectivity index (χ1v) is 6.60. The van der Waals surface area contributed by atoms with Gasteiger partial charge in [0.05, 0.1) is 11.3 Å². The van der Waals surface area contributed by atoms with E-state index >= 15 is 0 Å². The Balaban J connectivity index is 1.94. The van der Waals surface area contributed by atoms with Crippen LogP contribution in [0.3, 0.4) is 0 Å². The van der Waals surface area contributed by atoms with Crippen LogP contribution in [0.15, 0.2) is 35.1 Å². The first kappa shape index (κ1) is 13.4. The van der Waals surface area contributed by atoms with Crippen LogP contribution in [-0.2, 0) is 6.42 Å². The van der Waals surface area contributed by atoms with Gasteiger partial charge in [0.25, 0.3) is 5.89 Å². The van der Waals surface area contributed by atoms with Gasteiger partial charge in [-0.15, -0.1) is 5.10 Å². The Bertz CT molecular complexity index is 707. The van der Waals surface area contributed by atoms with E-state index in [0.717, 1.165) is 11.3 Å². The molecule has 0 bridgehead atoms. The maximum atomic E-state index is 5.36. The number of nitrogens with zero attached hydrogens (tertiary/aromatic N) is 6. The van der Waals surface area contributed by atoms with Crippen molar-refractivity contribution in [1.29, 1.82) is 0 Å². The molecule has 1 aromatic carbocycles. The highest BCUT2D eigenvalue weighted by atomic mass is 16.5. The highest BCUT2D eigenvalue weighted by Crippen LogP contribution is 2.24. The molecular formula is C13H15N7O. The molecular weight excluding hydrogens is 270 g/mol. The Labute approximate surface area is 121 Å². The largest absolute Gasteiger partial charge is 0.334 e. The zero-order valence-electron chi connectivity index (χ0n) is 11.8. The van der Waals surface area contributed by atoms with Crippen molar-refractivity contribution in [3.05, 3.63) is 36.4 Å². The van der Waals surface area contributed by atoms with E-state index in [1.54, 1.807) is 4.68 Å². The smallest absolute Gasteiger partial charge is 0.260 e. The molecule has 0 saturated carbocycles. The molecule has 1 N–H and O–H groups in total. The third-order valence-electron chi connectivity index (χ3n) is 3.18. The minimum atomic E-state index is 0.283. The normalized spacial score (nSPS) is 12.5. The summed E-state index contributed by atoms with van der Waals surface area (Å²) in [6.45, 7) is 2.06. The van der Waals surface area contributed by atoms with Crippen LogP contribution in [0.5, 0.6) is 0 Å². The molecule has 1 unspecified atom stereocenters. The number of hydrogen-bond donors (Lipinski definition) is 1. The highest BCUT2D eigenvalue weighted by molar-refractivity contribution is 5.65. The average molecular weight is 285 g/mol. The third-order valence-corrected chi connectivity index (χ3v) is 3.18. The minimum absolute atomic E-state index is 0.283. The lowest BCUT2D eigenvalue weighted by atomic mass is 10.2. The third kappa shape index (κ3) is 2.79. The molecule has 1 atom stereocenters. The molecule has 8 nitrogen and oxygen atoms in total. The molecule has 0 spiro atoms. The zero-order valence-corrected chi connectivity index (χ0v) is 11.8. The molecule has 3 rings (SSSR count). The molecule has 0 amide bonds. The SMILES string of the molecule is CNC(C)Cc1noc(-c2ccccc2-n2cnnn2)n1. The fourth-order valence-corrected chi connectivity index (χ4v) is 1.95. The van der Waals surface area contributed by atoms with Crippen LogP contribution < -0.4 is 5.32 Å². The van der Waals surface area contributed by atoms with E-state index in [9.17, 15) is 0 Å². The summed E-state index contributed by atoms with van der Waals surface area (Å²) >= 11 is 0. The summed E-state index contributed by atoms with van der Waals surface area (Å²) < 4.78 is 6.93. The van der Waals surface area contributed by atoms with Crippen LogP contribution in [0.1, 0.15) is 12.7 Å². The summed E-state index contributed by atoms with van der Waals surface area (Å²) in [6.07, 6.45) is 2.23. The quantitative estimate of drug-likeness (QED) is 0.743. The second-order valence-corrected chi connectivity index (χ2v) is 4.68. The summed E-state index contributed by atoms with van der Waals surface area (Å²) in [7, 11) is 1.90. The Morgan fingerprint density at radius 1 is 1.33 bits per heavy atom. The highest BCUT2D eigenvalue weighted by Gasteiger charge is 2.15. The van der Waals surface area contributed by atoms with Gasteiger partial charge in [-0.1, -0.05) is 17.3 Å². The van der Waals surface area contributed by atoms with Gasteiger partial charge in [-0.25, -0.2) is 0 Å².